The molecule has 0 N–H and O–H groups in total. The molecule has 0 aromatic heterocycles. The van der Waals surface area contributed by atoms with Gasteiger partial charge >= 0.3 is 5.97 Å². The molecular formula is C14H16N2O5. The first-order valence-corrected chi connectivity index (χ1v) is 6.48. The Kier molecular flexibility index (Phi) is 4.89. The molecule has 0 aliphatic carbocycles. The highest BCUT2D eigenvalue weighted by Crippen LogP contribution is 2.22. The number of methoxy groups -OCH3 is 1. The summed E-state index contributed by atoms with van der Waals surface area (Å²) in [6, 6.07) is 4.15. The summed E-state index contributed by atoms with van der Waals surface area (Å²) in [6.07, 6.45) is 3.42. The van der Waals surface area contributed by atoms with E-state index in [1.165, 1.54) is 25.3 Å². The number of hydrogen-bond donors (Lipinski definition) is 0. The summed E-state index contributed by atoms with van der Waals surface area (Å²) in [5.41, 5.74) is 0.603. The van der Waals surface area contributed by atoms with Gasteiger partial charge in [-0.3, -0.25) is 10.1 Å². The van der Waals surface area contributed by atoms with E-state index >= 15 is 0 Å². The maximum absolute atomic E-state index is 11.5. The van der Waals surface area contributed by atoms with Crippen molar-refractivity contribution in [2.45, 2.75) is 0 Å². The number of nitro groups is 1. The molecule has 1 fully saturated rings. The van der Waals surface area contributed by atoms with Crippen LogP contribution in [-0.4, -0.2) is 49.2 Å². The van der Waals surface area contributed by atoms with Crippen molar-refractivity contribution in [2.24, 2.45) is 0 Å². The predicted molar refractivity (Wildman–Crippen MR) is 75.9 cm³/mol. The normalized spacial score (nSPS) is 15.2. The molecule has 1 aliphatic heterocycles. The van der Waals surface area contributed by atoms with Crippen molar-refractivity contribution in [3.05, 3.63) is 45.6 Å². The number of morpholine rings is 1. The van der Waals surface area contributed by atoms with Gasteiger partial charge in [-0.1, -0.05) is 0 Å². The molecule has 2 rings (SSSR count). The third-order valence-electron chi connectivity index (χ3n) is 3.16. The molecule has 7 heteroatoms. The standard InChI is InChI=1S/C14H16N2O5/c1-20-14(17)12-2-3-13(16(18)19)11(10-12)4-5-15-6-8-21-9-7-15/h2-5,10H,6-9H2,1H3/b5-4-. The van der Waals surface area contributed by atoms with Gasteiger partial charge in [-0.15, -0.1) is 0 Å². The minimum Gasteiger partial charge on any atom is -0.465 e. The monoisotopic (exact) mass is 292 g/mol. The van der Waals surface area contributed by atoms with E-state index in [0.717, 1.165) is 13.1 Å². The van der Waals surface area contributed by atoms with Crippen LogP contribution < -0.4 is 0 Å². The minimum atomic E-state index is -0.522. The Labute approximate surface area is 121 Å². The summed E-state index contributed by atoms with van der Waals surface area (Å²) >= 11 is 0. The Morgan fingerprint density at radius 2 is 2.14 bits per heavy atom. The Morgan fingerprint density at radius 3 is 2.76 bits per heavy atom. The molecule has 1 aromatic rings. The summed E-state index contributed by atoms with van der Waals surface area (Å²) in [7, 11) is 1.27. The molecule has 1 heterocycles. The van der Waals surface area contributed by atoms with Gasteiger partial charge in [-0.05, 0) is 18.2 Å². The minimum absolute atomic E-state index is 0.0489. The lowest BCUT2D eigenvalue weighted by atomic mass is 10.1. The molecule has 0 amide bonds. The molecule has 1 aliphatic rings. The van der Waals surface area contributed by atoms with Crippen LogP contribution in [0.15, 0.2) is 24.4 Å². The summed E-state index contributed by atoms with van der Waals surface area (Å²) < 4.78 is 9.86. The van der Waals surface area contributed by atoms with Crippen molar-refractivity contribution in [3.8, 4) is 0 Å². The van der Waals surface area contributed by atoms with E-state index in [0.29, 0.717) is 18.8 Å². The molecule has 7 nitrogen and oxygen atoms in total. The zero-order chi connectivity index (χ0) is 15.2. The van der Waals surface area contributed by atoms with Crippen molar-refractivity contribution in [1.82, 2.24) is 4.90 Å². The molecule has 21 heavy (non-hydrogen) atoms. The van der Waals surface area contributed by atoms with E-state index in [1.807, 2.05) is 4.90 Å². The molecule has 0 spiro atoms. The van der Waals surface area contributed by atoms with Crippen LogP contribution >= 0.6 is 0 Å². The van der Waals surface area contributed by atoms with Crippen LogP contribution in [0.25, 0.3) is 6.08 Å². The first kappa shape index (κ1) is 15.0. The summed E-state index contributed by atoms with van der Waals surface area (Å²) in [5, 5.41) is 11.0. The van der Waals surface area contributed by atoms with Gasteiger partial charge in [0.15, 0.2) is 0 Å². The van der Waals surface area contributed by atoms with E-state index in [1.54, 1.807) is 12.3 Å². The molecule has 112 valence electrons. The maximum Gasteiger partial charge on any atom is 0.337 e. The van der Waals surface area contributed by atoms with Gasteiger partial charge in [-0.25, -0.2) is 4.79 Å². The van der Waals surface area contributed by atoms with Crippen molar-refractivity contribution >= 4 is 17.7 Å². The summed E-state index contributed by atoms with van der Waals surface area (Å²) in [4.78, 5) is 24.1. The lowest BCUT2D eigenvalue weighted by Gasteiger charge is -2.24. The number of nitro benzene ring substituents is 1. The zero-order valence-corrected chi connectivity index (χ0v) is 11.7. The topological polar surface area (TPSA) is 81.9 Å². The van der Waals surface area contributed by atoms with E-state index in [2.05, 4.69) is 4.74 Å². The third kappa shape index (κ3) is 3.79. The van der Waals surface area contributed by atoms with Crippen LogP contribution in [0.1, 0.15) is 15.9 Å². The number of rotatable bonds is 4. The van der Waals surface area contributed by atoms with Crippen molar-refractivity contribution in [3.63, 3.8) is 0 Å². The van der Waals surface area contributed by atoms with Gasteiger partial charge in [0, 0.05) is 25.4 Å². The molecular weight excluding hydrogens is 276 g/mol. The first-order chi connectivity index (χ1) is 10.1. The largest absolute Gasteiger partial charge is 0.465 e. The fourth-order valence-electron chi connectivity index (χ4n) is 2.01. The molecule has 0 saturated carbocycles. The quantitative estimate of drug-likeness (QED) is 0.477. The van der Waals surface area contributed by atoms with Crippen LogP contribution in [0, 0.1) is 10.1 Å². The lowest BCUT2D eigenvalue weighted by molar-refractivity contribution is -0.385. The first-order valence-electron chi connectivity index (χ1n) is 6.48. The van der Waals surface area contributed by atoms with Crippen molar-refractivity contribution in [1.29, 1.82) is 0 Å². The molecule has 0 bridgehead atoms. The molecule has 1 saturated heterocycles. The highest BCUT2D eigenvalue weighted by molar-refractivity contribution is 5.90. The Bertz CT molecular complexity index is 564. The van der Waals surface area contributed by atoms with E-state index in [-0.39, 0.29) is 11.3 Å². The predicted octanol–water partition coefficient (Wildman–Crippen LogP) is 1.68. The average molecular weight is 292 g/mol. The number of esters is 1. The number of benzene rings is 1. The smallest absolute Gasteiger partial charge is 0.337 e. The second-order valence-electron chi connectivity index (χ2n) is 4.49. The highest BCUT2D eigenvalue weighted by atomic mass is 16.6. The van der Waals surface area contributed by atoms with E-state index in [4.69, 9.17) is 4.74 Å². The number of carbonyl (C=O) groups is 1. The fourth-order valence-corrected chi connectivity index (χ4v) is 2.01. The number of carbonyl (C=O) groups excluding carboxylic acids is 1. The van der Waals surface area contributed by atoms with Gasteiger partial charge in [-0.2, -0.15) is 0 Å². The molecule has 0 atom stereocenters. The molecule has 0 unspecified atom stereocenters. The maximum atomic E-state index is 11.5. The van der Waals surface area contributed by atoms with E-state index < -0.39 is 10.9 Å². The third-order valence-corrected chi connectivity index (χ3v) is 3.16. The van der Waals surface area contributed by atoms with Gasteiger partial charge in [0.1, 0.15) is 0 Å². The van der Waals surface area contributed by atoms with E-state index in [9.17, 15) is 14.9 Å². The van der Waals surface area contributed by atoms with Crippen LogP contribution in [-0.2, 0) is 9.47 Å². The molecule has 1 aromatic carbocycles. The van der Waals surface area contributed by atoms with Gasteiger partial charge in [0.25, 0.3) is 5.69 Å². The van der Waals surface area contributed by atoms with Crippen LogP contribution in [0.4, 0.5) is 5.69 Å². The van der Waals surface area contributed by atoms with Crippen molar-refractivity contribution < 1.29 is 19.2 Å². The second kappa shape index (κ2) is 6.85. The SMILES string of the molecule is COC(=O)c1ccc([N+](=O)[O-])c(/C=C\N2CCOCC2)c1. The lowest BCUT2D eigenvalue weighted by Crippen LogP contribution is -2.31. The van der Waals surface area contributed by atoms with Crippen molar-refractivity contribution in [2.75, 3.05) is 33.4 Å². The Balaban J connectivity index is 2.27. The average Bonchev–Trinajstić information content (AvgIpc) is 2.52. The Hall–Kier alpha value is -2.41. The Morgan fingerprint density at radius 1 is 1.43 bits per heavy atom. The number of ether oxygens (including phenoxy) is 2. The zero-order valence-electron chi connectivity index (χ0n) is 11.7. The second-order valence-corrected chi connectivity index (χ2v) is 4.49. The molecule has 0 radical (unpaired) electrons. The van der Waals surface area contributed by atoms with Crippen LogP contribution in [0.2, 0.25) is 0 Å². The van der Waals surface area contributed by atoms with Gasteiger partial charge < -0.3 is 14.4 Å². The number of nitrogens with zero attached hydrogens (tertiary/aromatic N) is 2. The van der Waals surface area contributed by atoms with Crippen LogP contribution in [0.5, 0.6) is 0 Å². The highest BCUT2D eigenvalue weighted by Gasteiger charge is 2.16. The van der Waals surface area contributed by atoms with Crippen LogP contribution in [0.3, 0.4) is 0 Å². The summed E-state index contributed by atoms with van der Waals surface area (Å²) in [6.45, 7) is 2.74. The fraction of sp³-hybridized carbons (Fsp3) is 0.357. The van der Waals surface area contributed by atoms with Gasteiger partial charge in [0.2, 0.25) is 0 Å². The number of hydrogen-bond acceptors (Lipinski definition) is 6. The summed E-state index contributed by atoms with van der Waals surface area (Å²) in [5.74, 6) is -0.522. The van der Waals surface area contributed by atoms with Gasteiger partial charge in [0.05, 0.1) is 36.4 Å².